The van der Waals surface area contributed by atoms with Gasteiger partial charge in [-0.25, -0.2) is 4.57 Å². The first kappa shape index (κ1) is 20.1. The molecule has 2 aromatic rings. The van der Waals surface area contributed by atoms with Crippen molar-refractivity contribution in [1.29, 1.82) is 0 Å². The molecule has 0 radical (unpaired) electrons. The molecule has 3 rings (SSSR count). The lowest BCUT2D eigenvalue weighted by Gasteiger charge is -2.31. The minimum atomic E-state index is -4.21. The van der Waals surface area contributed by atoms with E-state index in [9.17, 15) is 19.4 Å². The van der Waals surface area contributed by atoms with Gasteiger partial charge in [0, 0.05) is 18.4 Å². The van der Waals surface area contributed by atoms with Crippen LogP contribution in [0, 0.1) is 0 Å². The van der Waals surface area contributed by atoms with Crippen molar-refractivity contribution >= 4 is 31.0 Å². The molecule has 7 nitrogen and oxygen atoms in total. The number of carbonyl (C=O) groups excluding carboxylic acids is 1. The van der Waals surface area contributed by atoms with Crippen LogP contribution in [0.3, 0.4) is 0 Å². The number of nitrogens with two attached hydrogens (primary N) is 1. The molecule has 0 fully saturated rings. The smallest absolute Gasteiger partial charge is 0.383 e. The number of nitrogen functional groups attached to an aromatic ring is 1. The van der Waals surface area contributed by atoms with E-state index in [4.69, 9.17) is 10.3 Å². The monoisotopic (exact) mass is 402 g/mol. The van der Waals surface area contributed by atoms with Crippen LogP contribution in [-0.4, -0.2) is 23.0 Å². The lowest BCUT2D eigenvalue weighted by atomic mass is 9.80. The summed E-state index contributed by atoms with van der Waals surface area (Å²) in [5.74, 6) is -0.931. The minimum absolute atomic E-state index is 0.204. The maximum absolute atomic E-state index is 12.4. The SMILES string of the molecule is CNc1ccc2c(c1)C(O)(CC(=O)OP(=O)(O)Cc1ccc(N)cc1)CC=C2. The van der Waals surface area contributed by atoms with Gasteiger partial charge in [0.2, 0.25) is 0 Å². The topological polar surface area (TPSA) is 122 Å². The van der Waals surface area contributed by atoms with Crippen molar-refractivity contribution in [2.45, 2.75) is 24.6 Å². The van der Waals surface area contributed by atoms with Crippen molar-refractivity contribution in [2.75, 3.05) is 18.1 Å². The molecule has 8 heteroatoms. The number of carbonyl (C=O) groups is 1. The van der Waals surface area contributed by atoms with Crippen molar-refractivity contribution in [2.24, 2.45) is 0 Å². The van der Waals surface area contributed by atoms with Gasteiger partial charge in [-0.15, -0.1) is 0 Å². The van der Waals surface area contributed by atoms with Gasteiger partial charge >= 0.3 is 13.6 Å². The average Bonchev–Trinajstić information content (AvgIpc) is 2.62. The second-order valence-corrected chi connectivity index (χ2v) is 8.64. The molecule has 0 spiro atoms. The molecule has 2 aromatic carbocycles. The first-order valence-corrected chi connectivity index (χ1v) is 10.6. The van der Waals surface area contributed by atoms with Crippen molar-refractivity contribution in [3.8, 4) is 0 Å². The number of rotatable bonds is 6. The summed E-state index contributed by atoms with van der Waals surface area (Å²) in [5.41, 5.74) is 7.29. The van der Waals surface area contributed by atoms with Crippen LogP contribution in [0.15, 0.2) is 48.5 Å². The summed E-state index contributed by atoms with van der Waals surface area (Å²) in [4.78, 5) is 22.4. The summed E-state index contributed by atoms with van der Waals surface area (Å²) >= 11 is 0. The van der Waals surface area contributed by atoms with Gasteiger partial charge in [-0.2, -0.15) is 0 Å². The zero-order valence-electron chi connectivity index (χ0n) is 15.5. The van der Waals surface area contributed by atoms with E-state index in [0.29, 0.717) is 16.8 Å². The molecule has 2 unspecified atom stereocenters. The van der Waals surface area contributed by atoms with Crippen LogP contribution in [0.4, 0.5) is 11.4 Å². The molecule has 0 bridgehead atoms. The molecule has 2 atom stereocenters. The summed E-state index contributed by atoms with van der Waals surface area (Å²) in [7, 11) is -2.46. The standard InChI is InChI=1S/C20H23N2O5P/c1-22-17-9-6-15-3-2-10-20(24,18(15)11-17)12-19(23)27-28(25,26)13-14-4-7-16(21)8-5-14/h2-9,11,22,24H,10,12-13,21H2,1H3,(H,25,26). The predicted octanol–water partition coefficient (Wildman–Crippen LogP) is 3.23. The van der Waals surface area contributed by atoms with Gasteiger partial charge in [0.15, 0.2) is 0 Å². The first-order chi connectivity index (χ1) is 13.2. The fraction of sp³-hybridized carbons (Fsp3) is 0.250. The maximum atomic E-state index is 12.4. The van der Waals surface area contributed by atoms with Gasteiger partial charge in [-0.1, -0.05) is 30.4 Å². The lowest BCUT2D eigenvalue weighted by molar-refractivity contribution is -0.140. The Balaban J connectivity index is 1.73. The zero-order chi connectivity index (χ0) is 20.4. The lowest BCUT2D eigenvalue weighted by Crippen LogP contribution is -2.31. The van der Waals surface area contributed by atoms with Crippen molar-refractivity contribution in [3.63, 3.8) is 0 Å². The first-order valence-electron chi connectivity index (χ1n) is 8.81. The van der Waals surface area contributed by atoms with Crippen molar-refractivity contribution in [1.82, 2.24) is 0 Å². The van der Waals surface area contributed by atoms with E-state index in [2.05, 4.69) is 5.32 Å². The molecule has 0 heterocycles. The number of nitrogens with one attached hydrogen (secondary N) is 1. The summed E-state index contributed by atoms with van der Waals surface area (Å²) in [6.45, 7) is 0. The van der Waals surface area contributed by atoms with Crippen LogP contribution in [0.5, 0.6) is 0 Å². The van der Waals surface area contributed by atoms with Gasteiger partial charge in [0.05, 0.1) is 12.6 Å². The maximum Gasteiger partial charge on any atom is 0.383 e. The second-order valence-electron chi connectivity index (χ2n) is 6.87. The minimum Gasteiger partial charge on any atom is -0.399 e. The Hall–Kier alpha value is -2.60. The fourth-order valence-electron chi connectivity index (χ4n) is 3.23. The number of anilines is 2. The Labute approximate surface area is 163 Å². The predicted molar refractivity (Wildman–Crippen MR) is 109 cm³/mol. The Morgan fingerprint density at radius 2 is 2.00 bits per heavy atom. The van der Waals surface area contributed by atoms with E-state index in [0.717, 1.165) is 11.3 Å². The molecule has 0 saturated carbocycles. The molecule has 0 saturated heterocycles. The van der Waals surface area contributed by atoms with Gasteiger partial charge in [-0.3, -0.25) is 4.79 Å². The number of hydrogen-bond donors (Lipinski definition) is 4. The average molecular weight is 402 g/mol. The van der Waals surface area contributed by atoms with Gasteiger partial charge in [0.1, 0.15) is 5.60 Å². The van der Waals surface area contributed by atoms with E-state index in [1.54, 1.807) is 43.5 Å². The Morgan fingerprint density at radius 1 is 1.29 bits per heavy atom. The highest BCUT2D eigenvalue weighted by atomic mass is 31.2. The molecule has 1 aliphatic rings. The van der Waals surface area contributed by atoms with Crippen molar-refractivity contribution < 1.29 is 23.9 Å². The van der Waals surface area contributed by atoms with Crippen LogP contribution in [0.1, 0.15) is 29.5 Å². The van der Waals surface area contributed by atoms with Crippen molar-refractivity contribution in [3.05, 3.63) is 65.2 Å². The molecule has 0 aromatic heterocycles. The molecule has 0 amide bonds. The molecule has 5 N–H and O–H groups in total. The van der Waals surface area contributed by atoms with E-state index in [-0.39, 0.29) is 12.6 Å². The number of aliphatic hydroxyl groups is 1. The van der Waals surface area contributed by atoms with Crippen LogP contribution in [-0.2, 0) is 25.6 Å². The Morgan fingerprint density at radius 3 is 2.68 bits per heavy atom. The van der Waals surface area contributed by atoms with Gasteiger partial charge in [0.25, 0.3) is 0 Å². The third-order valence-electron chi connectivity index (χ3n) is 4.64. The summed E-state index contributed by atoms with van der Waals surface area (Å²) in [5, 5.41) is 14.1. The summed E-state index contributed by atoms with van der Waals surface area (Å²) in [6, 6.07) is 11.9. The number of hydrogen-bond acceptors (Lipinski definition) is 6. The van der Waals surface area contributed by atoms with E-state index >= 15 is 0 Å². The second kappa shape index (κ2) is 7.80. The third-order valence-corrected chi connectivity index (χ3v) is 5.89. The zero-order valence-corrected chi connectivity index (χ0v) is 16.4. The quantitative estimate of drug-likeness (QED) is 0.432. The van der Waals surface area contributed by atoms with Crippen LogP contribution >= 0.6 is 7.60 Å². The molecule has 0 aliphatic heterocycles. The number of benzene rings is 2. The highest BCUT2D eigenvalue weighted by molar-refractivity contribution is 7.52. The molecule has 28 heavy (non-hydrogen) atoms. The molecular formula is C20H23N2O5P. The normalized spacial score (nSPS) is 20.1. The van der Waals surface area contributed by atoms with Crippen LogP contribution < -0.4 is 11.1 Å². The largest absolute Gasteiger partial charge is 0.399 e. The van der Waals surface area contributed by atoms with E-state index in [1.807, 2.05) is 18.2 Å². The van der Waals surface area contributed by atoms with E-state index < -0.39 is 25.6 Å². The highest BCUT2D eigenvalue weighted by Gasteiger charge is 2.37. The third kappa shape index (κ3) is 4.62. The summed E-state index contributed by atoms with van der Waals surface area (Å²) in [6.07, 6.45) is 3.09. The Kier molecular flexibility index (Phi) is 5.61. The number of fused-ring (bicyclic) bond motifs is 1. The van der Waals surface area contributed by atoms with Gasteiger partial charge < -0.3 is 25.6 Å². The van der Waals surface area contributed by atoms with E-state index in [1.165, 1.54) is 0 Å². The molecule has 1 aliphatic carbocycles. The fourth-order valence-corrected chi connectivity index (χ4v) is 4.35. The van der Waals surface area contributed by atoms with Crippen LogP contribution in [0.2, 0.25) is 0 Å². The van der Waals surface area contributed by atoms with Crippen LogP contribution in [0.25, 0.3) is 6.08 Å². The highest BCUT2D eigenvalue weighted by Crippen LogP contribution is 2.47. The van der Waals surface area contributed by atoms with Gasteiger partial charge in [-0.05, 0) is 47.4 Å². The molecular weight excluding hydrogens is 379 g/mol. The summed E-state index contributed by atoms with van der Waals surface area (Å²) < 4.78 is 17.2. The Bertz CT molecular complexity index is 958. The molecule has 148 valence electrons.